The normalized spacial score (nSPS) is 10.0. The van der Waals surface area contributed by atoms with Gasteiger partial charge in [0.25, 0.3) is 5.91 Å². The molecule has 0 aliphatic carbocycles. The van der Waals surface area contributed by atoms with Gasteiger partial charge in [0.15, 0.2) is 5.69 Å². The van der Waals surface area contributed by atoms with Crippen LogP contribution in [0.3, 0.4) is 0 Å². The molecule has 2 aromatic rings. The summed E-state index contributed by atoms with van der Waals surface area (Å²) in [6.07, 6.45) is 0. The van der Waals surface area contributed by atoms with Crippen LogP contribution in [-0.2, 0) is 0 Å². The molecule has 1 heterocycles. The van der Waals surface area contributed by atoms with Crippen LogP contribution >= 0.6 is 0 Å². The van der Waals surface area contributed by atoms with Crippen LogP contribution in [0.1, 0.15) is 21.6 Å². The Bertz CT molecular complexity index is 914. The lowest BCUT2D eigenvalue weighted by Gasteiger charge is -2.19. The predicted octanol–water partition coefficient (Wildman–Crippen LogP) is 1.68. The number of pyridine rings is 1. The number of nitrogen functional groups attached to an aromatic ring is 1. The fourth-order valence-corrected chi connectivity index (χ4v) is 2.65. The maximum atomic E-state index is 11.7. The van der Waals surface area contributed by atoms with E-state index in [0.717, 1.165) is 5.56 Å². The Morgan fingerprint density at radius 1 is 1.44 bits per heavy atom. The molecule has 0 aliphatic heterocycles. The van der Waals surface area contributed by atoms with E-state index in [4.69, 9.17) is 21.6 Å². The van der Waals surface area contributed by atoms with Crippen molar-refractivity contribution in [2.45, 2.75) is 6.92 Å². The fraction of sp³-hybridized carbons (Fsp3) is 0.176. The molecule has 8 nitrogen and oxygen atoms in total. The Morgan fingerprint density at radius 3 is 2.64 bits per heavy atom. The van der Waals surface area contributed by atoms with Gasteiger partial charge in [-0.2, -0.15) is 5.26 Å². The van der Waals surface area contributed by atoms with Crippen molar-refractivity contribution in [2.75, 3.05) is 25.2 Å². The Kier molecular flexibility index (Phi) is 4.89. The third-order valence-corrected chi connectivity index (χ3v) is 3.84. The molecule has 1 aromatic heterocycles. The first-order chi connectivity index (χ1) is 11.9. The van der Waals surface area contributed by atoms with Crippen LogP contribution in [0.25, 0.3) is 11.1 Å². The summed E-state index contributed by atoms with van der Waals surface area (Å²) < 4.78 is 5.33. The molecule has 128 valence electrons. The number of aromatic nitrogens is 1. The molecule has 1 aromatic carbocycles. The fourth-order valence-electron chi connectivity index (χ4n) is 2.65. The van der Waals surface area contributed by atoms with Gasteiger partial charge in [-0.3, -0.25) is 10.2 Å². The number of methoxy groups -OCH3 is 1. The van der Waals surface area contributed by atoms with Crippen molar-refractivity contribution >= 4 is 23.1 Å². The first-order valence-corrected chi connectivity index (χ1v) is 7.31. The minimum absolute atomic E-state index is 0.0119. The van der Waals surface area contributed by atoms with Gasteiger partial charge in [0.1, 0.15) is 23.3 Å². The number of nitrogens with zero attached hydrogens (tertiary/aromatic N) is 2. The molecule has 0 saturated carbocycles. The zero-order valence-electron chi connectivity index (χ0n) is 14.1. The van der Waals surface area contributed by atoms with Crippen molar-refractivity contribution in [1.82, 2.24) is 4.98 Å². The average molecular weight is 338 g/mol. The van der Waals surface area contributed by atoms with Crippen molar-refractivity contribution in [3.8, 4) is 22.9 Å². The lowest BCUT2D eigenvalue weighted by atomic mass is 9.91. The van der Waals surface area contributed by atoms with Crippen molar-refractivity contribution in [3.05, 3.63) is 35.0 Å². The second kappa shape index (κ2) is 6.88. The molecule has 25 heavy (non-hydrogen) atoms. The summed E-state index contributed by atoms with van der Waals surface area (Å²) in [6.45, 7) is 1.82. The number of carbonyl (C=O) groups excluding carboxylic acids is 1. The number of anilines is 2. The third-order valence-electron chi connectivity index (χ3n) is 3.84. The van der Waals surface area contributed by atoms with E-state index in [1.54, 1.807) is 31.3 Å². The van der Waals surface area contributed by atoms with E-state index in [-0.39, 0.29) is 28.5 Å². The van der Waals surface area contributed by atoms with Gasteiger partial charge in [0, 0.05) is 12.6 Å². The predicted molar refractivity (Wildman–Crippen MR) is 95.9 cm³/mol. The monoisotopic (exact) mass is 338 g/mol. The topological polar surface area (TPSA) is 151 Å². The number of primary amides is 1. The molecule has 0 radical (unpaired) electrons. The summed E-state index contributed by atoms with van der Waals surface area (Å²) in [5.41, 5.74) is 13.0. The number of ether oxygens (including phenoxy) is 1. The first-order valence-electron chi connectivity index (χ1n) is 7.31. The highest BCUT2D eigenvalue weighted by Gasteiger charge is 2.25. The number of hydrogen-bond acceptors (Lipinski definition) is 7. The largest absolute Gasteiger partial charge is 0.496 e. The van der Waals surface area contributed by atoms with E-state index >= 15 is 0 Å². The SMILES string of the molecule is CNc1nc(C(N)=O)c(N)c(-c2cccc(OC)c2C)c1C(=N)C#N. The Labute approximate surface area is 144 Å². The molecule has 0 bridgehead atoms. The number of amides is 1. The summed E-state index contributed by atoms with van der Waals surface area (Å²) in [6, 6.07) is 7.09. The summed E-state index contributed by atoms with van der Waals surface area (Å²) in [5, 5.41) is 20.0. The number of benzene rings is 1. The number of nitrogens with one attached hydrogen (secondary N) is 2. The first kappa shape index (κ1) is 17.7. The van der Waals surface area contributed by atoms with Gasteiger partial charge in [-0.25, -0.2) is 4.98 Å². The number of nitrogens with two attached hydrogens (primary N) is 2. The van der Waals surface area contributed by atoms with Crippen LogP contribution in [0, 0.1) is 23.7 Å². The highest BCUT2D eigenvalue weighted by atomic mass is 16.5. The quantitative estimate of drug-likeness (QED) is 0.609. The number of carbonyl (C=O) groups is 1. The van der Waals surface area contributed by atoms with Crippen molar-refractivity contribution in [3.63, 3.8) is 0 Å². The van der Waals surface area contributed by atoms with E-state index in [0.29, 0.717) is 16.9 Å². The van der Waals surface area contributed by atoms with E-state index < -0.39 is 5.91 Å². The Balaban J connectivity index is 3.02. The molecule has 2 rings (SSSR count). The second-order valence-corrected chi connectivity index (χ2v) is 5.21. The van der Waals surface area contributed by atoms with Crippen LogP contribution < -0.4 is 21.5 Å². The minimum atomic E-state index is -0.800. The van der Waals surface area contributed by atoms with Crippen molar-refractivity contribution in [2.24, 2.45) is 5.73 Å². The van der Waals surface area contributed by atoms with Gasteiger partial charge in [-0.15, -0.1) is 0 Å². The maximum Gasteiger partial charge on any atom is 0.269 e. The van der Waals surface area contributed by atoms with Crippen LogP contribution in [-0.4, -0.2) is 30.8 Å². The van der Waals surface area contributed by atoms with Crippen molar-refractivity contribution < 1.29 is 9.53 Å². The molecule has 0 fully saturated rings. The van der Waals surface area contributed by atoms with Gasteiger partial charge in [-0.05, 0) is 24.1 Å². The van der Waals surface area contributed by atoms with E-state index in [2.05, 4.69) is 10.3 Å². The molecule has 8 heteroatoms. The highest BCUT2D eigenvalue weighted by Crippen LogP contribution is 2.39. The molecule has 6 N–H and O–H groups in total. The summed E-state index contributed by atoms with van der Waals surface area (Å²) >= 11 is 0. The van der Waals surface area contributed by atoms with Crippen LogP contribution in [0.5, 0.6) is 5.75 Å². The van der Waals surface area contributed by atoms with Crippen LogP contribution in [0.15, 0.2) is 18.2 Å². The maximum absolute atomic E-state index is 11.7. The van der Waals surface area contributed by atoms with Gasteiger partial charge < -0.3 is 21.5 Å². The molecule has 0 unspecified atom stereocenters. The van der Waals surface area contributed by atoms with Gasteiger partial charge in [0.2, 0.25) is 0 Å². The molecule has 1 amide bonds. The Morgan fingerprint density at radius 2 is 2.12 bits per heavy atom. The van der Waals surface area contributed by atoms with Gasteiger partial charge in [-0.1, -0.05) is 12.1 Å². The molecular weight excluding hydrogens is 320 g/mol. The van der Waals surface area contributed by atoms with Gasteiger partial charge >= 0.3 is 0 Å². The lowest BCUT2D eigenvalue weighted by molar-refractivity contribution is 0.0996. The molecular formula is C17H18N6O2. The molecule has 0 saturated heterocycles. The smallest absolute Gasteiger partial charge is 0.269 e. The summed E-state index contributed by atoms with van der Waals surface area (Å²) in [5.74, 6) is -0.0209. The molecule has 0 spiro atoms. The second-order valence-electron chi connectivity index (χ2n) is 5.21. The third kappa shape index (κ3) is 2.95. The highest BCUT2D eigenvalue weighted by molar-refractivity contribution is 6.19. The summed E-state index contributed by atoms with van der Waals surface area (Å²) in [4.78, 5) is 15.8. The minimum Gasteiger partial charge on any atom is -0.496 e. The number of rotatable bonds is 5. The standard InChI is InChI=1S/C17H18N6O2/c1-8-9(5-4-6-11(8)25-3)12-13(10(19)7-18)17(22-2)23-15(14(12)20)16(21)24/h4-6,19H,20H2,1-3H3,(H2,21,24)(H,22,23). The lowest BCUT2D eigenvalue weighted by Crippen LogP contribution is -2.20. The van der Waals surface area contributed by atoms with Crippen molar-refractivity contribution in [1.29, 1.82) is 10.7 Å². The molecule has 0 aliphatic rings. The molecule has 0 atom stereocenters. The zero-order valence-corrected chi connectivity index (χ0v) is 14.1. The zero-order chi connectivity index (χ0) is 18.7. The summed E-state index contributed by atoms with van der Waals surface area (Å²) in [7, 11) is 3.10. The van der Waals surface area contributed by atoms with Crippen LogP contribution in [0.2, 0.25) is 0 Å². The average Bonchev–Trinajstić information content (AvgIpc) is 2.60. The van der Waals surface area contributed by atoms with E-state index in [1.165, 1.54) is 7.11 Å². The number of nitriles is 1. The van der Waals surface area contributed by atoms with Crippen LogP contribution in [0.4, 0.5) is 11.5 Å². The number of hydrogen-bond donors (Lipinski definition) is 4. The van der Waals surface area contributed by atoms with E-state index in [1.807, 2.05) is 6.92 Å². The van der Waals surface area contributed by atoms with Gasteiger partial charge in [0.05, 0.1) is 18.4 Å². The van der Waals surface area contributed by atoms with E-state index in [9.17, 15) is 10.1 Å². The Hall–Kier alpha value is -3.60.